The number of carbonyl (C=O) groups is 1. The van der Waals surface area contributed by atoms with Gasteiger partial charge in [-0.25, -0.2) is 0 Å². The first-order valence-corrected chi connectivity index (χ1v) is 4.91. The van der Waals surface area contributed by atoms with Gasteiger partial charge in [0.1, 0.15) is 4.33 Å². The smallest absolute Gasteiger partial charge is 0.134 e. The van der Waals surface area contributed by atoms with E-state index in [0.29, 0.717) is 5.56 Å². The summed E-state index contributed by atoms with van der Waals surface area (Å²) in [6.45, 7) is 0. The van der Waals surface area contributed by atoms with Gasteiger partial charge >= 0.3 is 0 Å². The molecule has 1 atom stereocenters. The van der Waals surface area contributed by atoms with Crippen LogP contribution in [0.2, 0.25) is 0 Å². The normalized spacial score (nSPS) is 28.4. The fraction of sp³-hybridized carbons (Fsp3) is 0.300. The third-order valence-electron chi connectivity index (χ3n) is 2.60. The number of hydrogen-bond donors (Lipinski definition) is 0. The minimum Gasteiger partial charge on any atom is -0.549 e. The summed E-state index contributed by atoms with van der Waals surface area (Å²) in [6.07, 6.45) is 0.204. The van der Waals surface area contributed by atoms with Gasteiger partial charge in [-0.1, -0.05) is 30.3 Å². The number of rotatable bonds is 2. The van der Waals surface area contributed by atoms with E-state index in [1.165, 1.54) is 0 Å². The van der Waals surface area contributed by atoms with Gasteiger partial charge < -0.3 is 9.90 Å². The van der Waals surface area contributed by atoms with E-state index in [9.17, 15) is 9.90 Å². The van der Waals surface area contributed by atoms with E-state index in [0.717, 1.165) is 0 Å². The molecule has 0 N–H and O–H groups in total. The van der Waals surface area contributed by atoms with Gasteiger partial charge in [-0.2, -0.15) is 0 Å². The molecule has 2 nitrogen and oxygen atoms in total. The number of carboxylic acids is 1. The van der Waals surface area contributed by atoms with Crippen molar-refractivity contribution in [3.05, 3.63) is 35.9 Å². The van der Waals surface area contributed by atoms with Crippen molar-refractivity contribution in [3.8, 4) is 0 Å². The Morgan fingerprint density at radius 1 is 1.29 bits per heavy atom. The van der Waals surface area contributed by atoms with Crippen LogP contribution in [-0.4, -0.2) is 10.3 Å². The molecule has 0 bridgehead atoms. The molecule has 0 aromatic heterocycles. The van der Waals surface area contributed by atoms with E-state index in [1.54, 1.807) is 30.3 Å². The molecule has 4 heteroatoms. The predicted molar refractivity (Wildman–Crippen MR) is 52.2 cm³/mol. The number of halogens is 2. The maximum Gasteiger partial charge on any atom is 0.134 e. The number of benzene rings is 1. The first-order valence-electron chi connectivity index (χ1n) is 4.15. The minimum absolute atomic E-state index is 0.204. The van der Waals surface area contributed by atoms with Gasteiger partial charge in [0.25, 0.3) is 0 Å². The largest absolute Gasteiger partial charge is 0.549 e. The molecule has 74 valence electrons. The van der Waals surface area contributed by atoms with Crippen LogP contribution in [0.3, 0.4) is 0 Å². The Balaban J connectivity index is 2.47. The molecular formula is C10H7Cl2O2-. The zero-order valence-corrected chi connectivity index (χ0v) is 8.68. The quantitative estimate of drug-likeness (QED) is 0.717. The van der Waals surface area contributed by atoms with Crippen LogP contribution in [0.15, 0.2) is 30.3 Å². The third kappa shape index (κ3) is 1.14. The lowest BCUT2D eigenvalue weighted by atomic mass is 9.96. The van der Waals surface area contributed by atoms with Crippen molar-refractivity contribution in [2.24, 2.45) is 0 Å². The second-order valence-corrected chi connectivity index (χ2v) is 4.92. The highest BCUT2D eigenvalue weighted by Gasteiger charge is 2.68. The highest BCUT2D eigenvalue weighted by molar-refractivity contribution is 6.54. The number of alkyl halides is 2. The molecule has 0 aliphatic heterocycles. The van der Waals surface area contributed by atoms with Crippen molar-refractivity contribution in [3.63, 3.8) is 0 Å². The predicted octanol–water partition coefficient (Wildman–Crippen LogP) is 1.25. The zero-order valence-electron chi connectivity index (χ0n) is 7.17. The topological polar surface area (TPSA) is 40.1 Å². The number of carboxylic acid groups (broad SMARTS) is 1. The molecule has 0 heterocycles. The summed E-state index contributed by atoms with van der Waals surface area (Å²) < 4.78 is -1.23. The zero-order chi connectivity index (χ0) is 10.4. The average Bonchev–Trinajstić information content (AvgIpc) is 2.72. The van der Waals surface area contributed by atoms with Gasteiger partial charge in [0.2, 0.25) is 0 Å². The molecule has 0 radical (unpaired) electrons. The van der Waals surface area contributed by atoms with E-state index in [4.69, 9.17) is 23.2 Å². The molecule has 1 aromatic rings. The lowest BCUT2D eigenvalue weighted by molar-refractivity contribution is -0.309. The van der Waals surface area contributed by atoms with Gasteiger partial charge in [0, 0.05) is 0 Å². The van der Waals surface area contributed by atoms with Crippen LogP contribution in [0.25, 0.3) is 0 Å². The van der Waals surface area contributed by atoms with Crippen LogP contribution in [-0.2, 0) is 10.2 Å². The number of hydrogen-bond acceptors (Lipinski definition) is 2. The summed E-state index contributed by atoms with van der Waals surface area (Å²) in [4.78, 5) is 11.0. The molecule has 0 saturated heterocycles. The summed E-state index contributed by atoms with van der Waals surface area (Å²) >= 11 is 11.7. The highest BCUT2D eigenvalue weighted by Crippen LogP contribution is 2.64. The van der Waals surface area contributed by atoms with Crippen LogP contribution in [0.4, 0.5) is 0 Å². The molecule has 1 aliphatic carbocycles. The third-order valence-corrected chi connectivity index (χ3v) is 3.51. The van der Waals surface area contributed by atoms with E-state index in [1.807, 2.05) is 0 Å². The van der Waals surface area contributed by atoms with E-state index in [-0.39, 0.29) is 6.42 Å². The van der Waals surface area contributed by atoms with Gasteiger partial charge in [0.05, 0.1) is 11.4 Å². The van der Waals surface area contributed by atoms with Crippen molar-refractivity contribution >= 4 is 29.2 Å². The summed E-state index contributed by atoms with van der Waals surface area (Å²) in [7, 11) is 0. The molecule has 1 aromatic carbocycles. The summed E-state index contributed by atoms with van der Waals surface area (Å²) in [5.41, 5.74) is -0.623. The number of carbonyl (C=O) groups excluding carboxylic acids is 1. The monoisotopic (exact) mass is 229 g/mol. The first-order chi connectivity index (χ1) is 6.51. The number of aliphatic carboxylic acids is 1. The minimum atomic E-state index is -1.23. The molecule has 0 unspecified atom stereocenters. The molecule has 2 rings (SSSR count). The molecular weight excluding hydrogens is 223 g/mol. The van der Waals surface area contributed by atoms with Crippen molar-refractivity contribution in [2.45, 2.75) is 16.2 Å². The van der Waals surface area contributed by atoms with E-state index in [2.05, 4.69) is 0 Å². The van der Waals surface area contributed by atoms with Crippen molar-refractivity contribution in [1.82, 2.24) is 0 Å². The van der Waals surface area contributed by atoms with Crippen LogP contribution < -0.4 is 5.11 Å². The Bertz CT molecular complexity index is 375. The Labute approximate surface area is 91.4 Å². The summed E-state index contributed by atoms with van der Waals surface area (Å²) in [5, 5.41) is 11.0. The SMILES string of the molecule is O=C([O-])[C@@]1(c2ccccc2)CC1(Cl)Cl. The first kappa shape index (κ1) is 9.81. The molecule has 1 fully saturated rings. The van der Waals surface area contributed by atoms with Crippen LogP contribution >= 0.6 is 23.2 Å². The van der Waals surface area contributed by atoms with Gasteiger partial charge in [-0.05, 0) is 12.0 Å². The molecule has 0 amide bonds. The Hall–Kier alpha value is -0.730. The fourth-order valence-corrected chi connectivity index (χ4v) is 2.44. The molecule has 14 heavy (non-hydrogen) atoms. The van der Waals surface area contributed by atoms with Crippen LogP contribution in [0.5, 0.6) is 0 Å². The molecule has 1 saturated carbocycles. The van der Waals surface area contributed by atoms with Crippen molar-refractivity contribution < 1.29 is 9.90 Å². The standard InChI is InChI=1S/C10H8Cl2O2/c11-10(12)6-9(10,8(13)14)7-4-2-1-3-5-7/h1-5H,6H2,(H,13,14)/p-1/t9-/m0/s1. The Kier molecular flexibility index (Phi) is 2.02. The van der Waals surface area contributed by atoms with E-state index >= 15 is 0 Å². The Morgan fingerprint density at radius 3 is 2.14 bits per heavy atom. The second-order valence-electron chi connectivity index (χ2n) is 3.44. The molecule has 1 aliphatic rings. The maximum atomic E-state index is 11.0. The van der Waals surface area contributed by atoms with Gasteiger partial charge in [-0.3, -0.25) is 0 Å². The lowest BCUT2D eigenvalue weighted by Gasteiger charge is -2.19. The van der Waals surface area contributed by atoms with Crippen LogP contribution in [0.1, 0.15) is 12.0 Å². The van der Waals surface area contributed by atoms with Gasteiger partial charge in [-0.15, -0.1) is 23.2 Å². The summed E-state index contributed by atoms with van der Waals surface area (Å²) in [5.74, 6) is -1.21. The maximum absolute atomic E-state index is 11.0. The molecule has 0 spiro atoms. The highest BCUT2D eigenvalue weighted by atomic mass is 35.5. The second kappa shape index (κ2) is 2.88. The fourth-order valence-electron chi connectivity index (χ4n) is 1.66. The van der Waals surface area contributed by atoms with Crippen LogP contribution in [0, 0.1) is 0 Å². The van der Waals surface area contributed by atoms with Crippen molar-refractivity contribution in [2.75, 3.05) is 0 Å². The summed E-state index contributed by atoms with van der Waals surface area (Å²) in [6, 6.07) is 8.70. The van der Waals surface area contributed by atoms with Gasteiger partial charge in [0.15, 0.2) is 0 Å². The average molecular weight is 230 g/mol. The van der Waals surface area contributed by atoms with Crippen molar-refractivity contribution in [1.29, 1.82) is 0 Å². The lowest BCUT2D eigenvalue weighted by Crippen LogP contribution is -2.39. The Morgan fingerprint density at radius 2 is 1.79 bits per heavy atom. The van der Waals surface area contributed by atoms with E-state index < -0.39 is 15.7 Å².